The fraction of sp³-hybridized carbons (Fsp3) is 0.278. The van der Waals surface area contributed by atoms with Crippen molar-refractivity contribution in [3.63, 3.8) is 0 Å². The van der Waals surface area contributed by atoms with E-state index in [0.717, 1.165) is 23.4 Å². The van der Waals surface area contributed by atoms with Crippen LogP contribution in [0.4, 0.5) is 0 Å². The lowest BCUT2D eigenvalue weighted by atomic mass is 10.1. The Bertz CT molecular complexity index is 661. The minimum atomic E-state index is -0.575. The Kier molecular flexibility index (Phi) is 6.75. The summed E-state index contributed by atoms with van der Waals surface area (Å²) in [6.07, 6.45) is 1.07. The highest BCUT2D eigenvalue weighted by Crippen LogP contribution is 2.18. The summed E-state index contributed by atoms with van der Waals surface area (Å²) in [5.41, 5.74) is 1.09. The first-order chi connectivity index (χ1) is 11.1. The Morgan fingerprint density at radius 2 is 1.96 bits per heavy atom. The third-order valence-corrected chi connectivity index (χ3v) is 3.96. The first-order valence-electron chi connectivity index (χ1n) is 7.49. The van der Waals surface area contributed by atoms with Crippen LogP contribution >= 0.6 is 23.2 Å². The number of aryl methyl sites for hydroxylation is 1. The number of benzene rings is 2. The lowest BCUT2D eigenvalue weighted by Gasteiger charge is -2.15. The molecule has 3 nitrogen and oxygen atoms in total. The Balaban J connectivity index is 1.73. The van der Waals surface area contributed by atoms with Crippen molar-refractivity contribution in [2.45, 2.75) is 25.9 Å². The van der Waals surface area contributed by atoms with Crippen molar-refractivity contribution >= 4 is 29.1 Å². The lowest BCUT2D eigenvalue weighted by Crippen LogP contribution is -2.36. The molecule has 0 aliphatic carbocycles. The molecule has 2 aromatic rings. The second-order valence-electron chi connectivity index (χ2n) is 5.20. The number of amides is 1. The maximum Gasteiger partial charge on any atom is 0.260 e. The van der Waals surface area contributed by atoms with Gasteiger partial charge in [0.25, 0.3) is 5.91 Å². The number of halogens is 2. The van der Waals surface area contributed by atoms with Crippen LogP contribution in [0.5, 0.6) is 5.75 Å². The SMILES string of the molecule is C[C@@H](Oc1cccc(Cl)c1)C(=O)NCCCc1ccccc1Cl. The monoisotopic (exact) mass is 351 g/mol. The van der Waals surface area contributed by atoms with E-state index in [9.17, 15) is 4.79 Å². The van der Waals surface area contributed by atoms with Gasteiger partial charge in [0, 0.05) is 16.6 Å². The minimum Gasteiger partial charge on any atom is -0.481 e. The maximum atomic E-state index is 12.0. The van der Waals surface area contributed by atoms with Gasteiger partial charge in [-0.25, -0.2) is 0 Å². The molecule has 0 heterocycles. The van der Waals surface area contributed by atoms with Crippen LogP contribution in [-0.4, -0.2) is 18.6 Å². The third kappa shape index (κ3) is 5.77. The number of rotatable bonds is 7. The van der Waals surface area contributed by atoms with Gasteiger partial charge in [-0.3, -0.25) is 4.79 Å². The minimum absolute atomic E-state index is 0.149. The van der Waals surface area contributed by atoms with Crippen LogP contribution in [0.15, 0.2) is 48.5 Å². The number of nitrogens with one attached hydrogen (secondary N) is 1. The number of ether oxygens (including phenoxy) is 1. The first kappa shape index (κ1) is 17.6. The van der Waals surface area contributed by atoms with Crippen LogP contribution in [-0.2, 0) is 11.2 Å². The highest BCUT2D eigenvalue weighted by molar-refractivity contribution is 6.31. The Labute approximate surface area is 146 Å². The topological polar surface area (TPSA) is 38.3 Å². The molecule has 5 heteroatoms. The van der Waals surface area contributed by atoms with Gasteiger partial charge < -0.3 is 10.1 Å². The largest absolute Gasteiger partial charge is 0.481 e. The van der Waals surface area contributed by atoms with Gasteiger partial charge in [-0.05, 0) is 49.6 Å². The molecule has 0 saturated carbocycles. The molecule has 0 radical (unpaired) electrons. The number of carbonyl (C=O) groups excluding carboxylic acids is 1. The lowest BCUT2D eigenvalue weighted by molar-refractivity contribution is -0.127. The number of carbonyl (C=O) groups is 1. The van der Waals surface area contributed by atoms with Crippen LogP contribution in [0, 0.1) is 0 Å². The predicted molar refractivity (Wildman–Crippen MR) is 94.3 cm³/mol. The van der Waals surface area contributed by atoms with E-state index in [1.165, 1.54) is 0 Å². The van der Waals surface area contributed by atoms with Gasteiger partial charge in [0.05, 0.1) is 0 Å². The molecule has 0 spiro atoms. The zero-order chi connectivity index (χ0) is 16.7. The van der Waals surface area contributed by atoms with Crippen molar-refractivity contribution in [1.29, 1.82) is 0 Å². The summed E-state index contributed by atoms with van der Waals surface area (Å²) in [7, 11) is 0. The summed E-state index contributed by atoms with van der Waals surface area (Å²) in [4.78, 5) is 12.0. The molecule has 23 heavy (non-hydrogen) atoms. The second kappa shape index (κ2) is 8.80. The number of hydrogen-bond donors (Lipinski definition) is 1. The molecule has 0 unspecified atom stereocenters. The van der Waals surface area contributed by atoms with Crippen molar-refractivity contribution in [3.8, 4) is 5.75 Å². The van der Waals surface area contributed by atoms with Gasteiger partial charge in [-0.15, -0.1) is 0 Å². The van der Waals surface area contributed by atoms with Crippen molar-refractivity contribution in [1.82, 2.24) is 5.32 Å². The molecular formula is C18H19Cl2NO2. The molecule has 1 atom stereocenters. The normalized spacial score (nSPS) is 11.8. The zero-order valence-electron chi connectivity index (χ0n) is 12.9. The predicted octanol–water partition coefficient (Wildman–Crippen LogP) is 4.51. The van der Waals surface area contributed by atoms with Crippen LogP contribution < -0.4 is 10.1 Å². The van der Waals surface area contributed by atoms with Gasteiger partial charge in [0.2, 0.25) is 0 Å². The second-order valence-corrected chi connectivity index (χ2v) is 6.05. The van der Waals surface area contributed by atoms with Crippen LogP contribution in [0.3, 0.4) is 0 Å². The molecule has 0 bridgehead atoms. The summed E-state index contributed by atoms with van der Waals surface area (Å²) in [5, 5.41) is 4.21. The molecule has 0 aliphatic heterocycles. The van der Waals surface area contributed by atoms with Gasteiger partial charge in [0.1, 0.15) is 5.75 Å². The fourth-order valence-electron chi connectivity index (χ4n) is 2.13. The van der Waals surface area contributed by atoms with E-state index in [4.69, 9.17) is 27.9 Å². The highest BCUT2D eigenvalue weighted by atomic mass is 35.5. The smallest absolute Gasteiger partial charge is 0.260 e. The molecular weight excluding hydrogens is 333 g/mol. The Morgan fingerprint density at radius 3 is 2.70 bits per heavy atom. The summed E-state index contributed by atoms with van der Waals surface area (Å²) >= 11 is 12.0. The molecule has 2 rings (SSSR count). The summed E-state index contributed by atoms with van der Waals surface area (Å²) < 4.78 is 5.57. The van der Waals surface area contributed by atoms with Gasteiger partial charge in [-0.1, -0.05) is 47.5 Å². The number of hydrogen-bond acceptors (Lipinski definition) is 2. The zero-order valence-corrected chi connectivity index (χ0v) is 14.4. The van der Waals surface area contributed by atoms with Gasteiger partial charge >= 0.3 is 0 Å². The molecule has 0 aromatic heterocycles. The maximum absolute atomic E-state index is 12.0. The van der Waals surface area contributed by atoms with Crippen molar-refractivity contribution in [3.05, 3.63) is 64.1 Å². The van der Waals surface area contributed by atoms with Crippen LogP contribution in [0.1, 0.15) is 18.9 Å². The molecule has 0 saturated heterocycles. The van der Waals surface area contributed by atoms with Crippen LogP contribution in [0.25, 0.3) is 0 Å². The molecule has 1 N–H and O–H groups in total. The van der Waals surface area contributed by atoms with Crippen molar-refractivity contribution < 1.29 is 9.53 Å². The molecule has 0 fully saturated rings. The Hall–Kier alpha value is -1.71. The molecule has 0 aliphatic rings. The third-order valence-electron chi connectivity index (χ3n) is 3.36. The summed E-state index contributed by atoms with van der Waals surface area (Å²) in [6, 6.07) is 14.7. The van der Waals surface area contributed by atoms with E-state index in [-0.39, 0.29) is 5.91 Å². The first-order valence-corrected chi connectivity index (χ1v) is 8.25. The Morgan fingerprint density at radius 1 is 1.17 bits per heavy atom. The van der Waals surface area contributed by atoms with Crippen LogP contribution in [0.2, 0.25) is 10.0 Å². The fourth-order valence-corrected chi connectivity index (χ4v) is 2.54. The van der Waals surface area contributed by atoms with E-state index in [1.807, 2.05) is 24.3 Å². The van der Waals surface area contributed by atoms with E-state index >= 15 is 0 Å². The van der Waals surface area contributed by atoms with Gasteiger partial charge in [-0.2, -0.15) is 0 Å². The summed E-state index contributed by atoms with van der Waals surface area (Å²) in [5.74, 6) is 0.431. The molecule has 122 valence electrons. The highest BCUT2D eigenvalue weighted by Gasteiger charge is 2.14. The van der Waals surface area contributed by atoms with E-state index in [2.05, 4.69) is 5.32 Å². The van der Waals surface area contributed by atoms with E-state index in [0.29, 0.717) is 17.3 Å². The molecule has 1 amide bonds. The standard InChI is InChI=1S/C18H19Cl2NO2/c1-13(23-16-9-4-8-15(19)12-16)18(22)21-11-5-7-14-6-2-3-10-17(14)20/h2-4,6,8-10,12-13H,5,7,11H2,1H3,(H,21,22)/t13-/m1/s1. The average Bonchev–Trinajstić information content (AvgIpc) is 2.53. The van der Waals surface area contributed by atoms with E-state index in [1.54, 1.807) is 31.2 Å². The van der Waals surface area contributed by atoms with Crippen molar-refractivity contribution in [2.24, 2.45) is 0 Å². The summed E-state index contributed by atoms with van der Waals surface area (Å²) in [6.45, 7) is 2.29. The molecule has 2 aromatic carbocycles. The van der Waals surface area contributed by atoms with E-state index < -0.39 is 6.10 Å². The average molecular weight is 352 g/mol. The van der Waals surface area contributed by atoms with Gasteiger partial charge in [0.15, 0.2) is 6.10 Å². The van der Waals surface area contributed by atoms with Crippen molar-refractivity contribution in [2.75, 3.05) is 6.54 Å². The quantitative estimate of drug-likeness (QED) is 0.745.